The summed E-state index contributed by atoms with van der Waals surface area (Å²) in [6.07, 6.45) is -1.31. The zero-order valence-electron chi connectivity index (χ0n) is 21.7. The van der Waals surface area contributed by atoms with E-state index in [0.717, 1.165) is 0 Å². The van der Waals surface area contributed by atoms with E-state index in [9.17, 15) is 34.2 Å². The zero-order chi connectivity index (χ0) is 29.5. The van der Waals surface area contributed by atoms with Gasteiger partial charge in [-0.25, -0.2) is 4.79 Å². The van der Waals surface area contributed by atoms with E-state index in [1.54, 1.807) is 30.3 Å². The number of carboxylic acid groups (broad SMARTS) is 1. The van der Waals surface area contributed by atoms with Gasteiger partial charge in [0.15, 0.2) is 12.0 Å². The fourth-order valence-corrected chi connectivity index (χ4v) is 3.45. The van der Waals surface area contributed by atoms with Gasteiger partial charge >= 0.3 is 5.97 Å². The van der Waals surface area contributed by atoms with Crippen LogP contribution in [0.1, 0.15) is 38.2 Å². The van der Waals surface area contributed by atoms with E-state index in [2.05, 4.69) is 20.9 Å². The topological polar surface area (TPSA) is 278 Å². The van der Waals surface area contributed by atoms with Crippen LogP contribution in [-0.4, -0.2) is 82.6 Å². The number of primary amides is 1. The third-order valence-electron chi connectivity index (χ3n) is 5.58. The molecule has 0 aliphatic rings. The van der Waals surface area contributed by atoms with E-state index >= 15 is 0 Å². The number of nitrogens with one attached hydrogen (secondary N) is 3. The molecule has 0 aliphatic heterocycles. The number of nitrogens with two attached hydrogens (primary N) is 4. The molecule has 5 atom stereocenters. The average Bonchev–Trinajstić information content (AvgIpc) is 2.86. The van der Waals surface area contributed by atoms with E-state index in [1.165, 1.54) is 6.92 Å². The summed E-state index contributed by atoms with van der Waals surface area (Å²) in [6.45, 7) is 1.32. The molecule has 0 aromatic heterocycles. The minimum atomic E-state index is -1.63. The van der Waals surface area contributed by atoms with Crippen LogP contribution < -0.4 is 38.9 Å². The highest BCUT2D eigenvalue weighted by atomic mass is 16.4. The molecule has 39 heavy (non-hydrogen) atoms. The van der Waals surface area contributed by atoms with Crippen molar-refractivity contribution in [1.82, 2.24) is 16.0 Å². The molecule has 15 heteroatoms. The Bertz CT molecular complexity index is 1010. The van der Waals surface area contributed by atoms with E-state index in [0.29, 0.717) is 5.56 Å². The summed E-state index contributed by atoms with van der Waals surface area (Å²) in [5, 5.41) is 26.3. The lowest BCUT2D eigenvalue weighted by Crippen LogP contribution is -2.58. The SMILES string of the molecule is CC(O)C(NC(=O)C(CCCN=C(N)N)NC(=O)C(Cc1ccccc1)NC(=O)C(N)CCC(N)=O)C(=O)O. The molecular formula is C24H38N8O7. The van der Waals surface area contributed by atoms with E-state index < -0.39 is 59.9 Å². The van der Waals surface area contributed by atoms with Crippen molar-refractivity contribution in [3.8, 4) is 0 Å². The highest BCUT2D eigenvalue weighted by molar-refractivity contribution is 5.94. The number of carbonyl (C=O) groups is 5. The lowest BCUT2D eigenvalue weighted by atomic mass is 10.0. The maximum absolute atomic E-state index is 13.3. The molecule has 1 aromatic rings. The lowest BCUT2D eigenvalue weighted by Gasteiger charge is -2.26. The molecule has 15 nitrogen and oxygen atoms in total. The summed E-state index contributed by atoms with van der Waals surface area (Å²) in [5.74, 6) is -4.60. The van der Waals surface area contributed by atoms with Gasteiger partial charge in [0, 0.05) is 19.4 Å². The van der Waals surface area contributed by atoms with Crippen LogP contribution in [0.15, 0.2) is 35.3 Å². The smallest absolute Gasteiger partial charge is 0.328 e. The van der Waals surface area contributed by atoms with Crippen molar-refractivity contribution in [2.45, 2.75) is 69.3 Å². The number of hydrogen-bond donors (Lipinski definition) is 9. The number of carboxylic acids is 1. The first-order valence-corrected chi connectivity index (χ1v) is 12.3. The maximum atomic E-state index is 13.3. The predicted octanol–water partition coefficient (Wildman–Crippen LogP) is -3.20. The minimum Gasteiger partial charge on any atom is -0.480 e. The number of aliphatic hydroxyl groups excluding tert-OH is 1. The number of nitrogens with zero attached hydrogens (tertiary/aromatic N) is 1. The molecule has 0 saturated heterocycles. The molecule has 13 N–H and O–H groups in total. The van der Waals surface area contributed by atoms with Crippen molar-refractivity contribution in [3.05, 3.63) is 35.9 Å². The van der Waals surface area contributed by atoms with Crippen LogP contribution in [0.25, 0.3) is 0 Å². The van der Waals surface area contributed by atoms with Gasteiger partial charge in [-0.15, -0.1) is 0 Å². The van der Waals surface area contributed by atoms with E-state index in [-0.39, 0.29) is 44.6 Å². The molecule has 0 radical (unpaired) electrons. The third-order valence-corrected chi connectivity index (χ3v) is 5.58. The Labute approximate surface area is 225 Å². The number of carbonyl (C=O) groups excluding carboxylic acids is 4. The molecule has 0 fully saturated rings. The molecule has 1 rings (SSSR count). The van der Waals surface area contributed by atoms with Crippen molar-refractivity contribution in [1.29, 1.82) is 0 Å². The van der Waals surface area contributed by atoms with Gasteiger partial charge in [-0.1, -0.05) is 30.3 Å². The van der Waals surface area contributed by atoms with E-state index in [4.69, 9.17) is 22.9 Å². The molecular weight excluding hydrogens is 512 g/mol. The maximum Gasteiger partial charge on any atom is 0.328 e. The summed E-state index contributed by atoms with van der Waals surface area (Å²) >= 11 is 0. The number of hydrogen-bond acceptors (Lipinski definition) is 8. The van der Waals surface area contributed by atoms with Gasteiger partial charge in [-0.2, -0.15) is 0 Å². The van der Waals surface area contributed by atoms with Gasteiger partial charge in [0.05, 0.1) is 12.1 Å². The first-order chi connectivity index (χ1) is 18.3. The Morgan fingerprint density at radius 1 is 0.897 bits per heavy atom. The Kier molecular flexibility index (Phi) is 13.9. The van der Waals surface area contributed by atoms with Crippen molar-refractivity contribution in [3.63, 3.8) is 0 Å². The summed E-state index contributed by atoms with van der Waals surface area (Å²) in [4.78, 5) is 65.3. The lowest BCUT2D eigenvalue weighted by molar-refractivity contribution is -0.145. The second kappa shape index (κ2) is 16.6. The molecule has 0 bridgehead atoms. The summed E-state index contributed by atoms with van der Waals surface area (Å²) < 4.78 is 0. The quantitative estimate of drug-likeness (QED) is 0.0531. The van der Waals surface area contributed by atoms with Gasteiger partial charge in [-0.3, -0.25) is 24.2 Å². The third kappa shape index (κ3) is 12.7. The number of benzene rings is 1. The number of aliphatic carboxylic acids is 1. The van der Waals surface area contributed by atoms with Crippen LogP contribution in [-0.2, 0) is 30.4 Å². The van der Waals surface area contributed by atoms with Crippen molar-refractivity contribution < 1.29 is 34.2 Å². The van der Waals surface area contributed by atoms with Crippen LogP contribution in [0, 0.1) is 0 Å². The number of aliphatic imine (C=N–C) groups is 1. The Morgan fingerprint density at radius 2 is 1.49 bits per heavy atom. The van der Waals surface area contributed by atoms with Crippen molar-refractivity contribution in [2.24, 2.45) is 27.9 Å². The molecule has 0 saturated carbocycles. The molecule has 0 aliphatic carbocycles. The van der Waals surface area contributed by atoms with Crippen LogP contribution >= 0.6 is 0 Å². The molecule has 216 valence electrons. The molecule has 0 heterocycles. The van der Waals surface area contributed by atoms with E-state index in [1.807, 2.05) is 0 Å². The van der Waals surface area contributed by atoms with Crippen LogP contribution in [0.3, 0.4) is 0 Å². The molecule has 5 unspecified atom stereocenters. The van der Waals surface area contributed by atoms with Gasteiger partial charge in [-0.05, 0) is 31.7 Å². The predicted molar refractivity (Wildman–Crippen MR) is 142 cm³/mol. The second-order valence-electron chi connectivity index (χ2n) is 8.94. The van der Waals surface area contributed by atoms with Crippen molar-refractivity contribution in [2.75, 3.05) is 6.54 Å². The van der Waals surface area contributed by atoms with Crippen LogP contribution in [0.2, 0.25) is 0 Å². The number of rotatable bonds is 17. The highest BCUT2D eigenvalue weighted by Gasteiger charge is 2.32. The fourth-order valence-electron chi connectivity index (χ4n) is 3.45. The first-order valence-electron chi connectivity index (χ1n) is 12.3. The summed E-state index contributed by atoms with van der Waals surface area (Å²) in [6, 6.07) is 3.54. The summed E-state index contributed by atoms with van der Waals surface area (Å²) in [5.41, 5.74) is 22.3. The van der Waals surface area contributed by atoms with Crippen molar-refractivity contribution >= 4 is 35.6 Å². The van der Waals surface area contributed by atoms with Gasteiger partial charge < -0.3 is 49.1 Å². The van der Waals surface area contributed by atoms with Gasteiger partial charge in [0.2, 0.25) is 23.6 Å². The van der Waals surface area contributed by atoms with Crippen LogP contribution in [0.4, 0.5) is 0 Å². The Balaban J connectivity index is 3.14. The van der Waals surface area contributed by atoms with Crippen LogP contribution in [0.5, 0.6) is 0 Å². The molecule has 4 amide bonds. The molecule has 1 aromatic carbocycles. The standard InChI is InChI=1S/C24H38N8O7/c1-13(33)19(23(38)39)32-21(36)16(8-5-11-29-24(27)28)30-22(37)17(12-14-6-3-2-4-7-14)31-20(35)15(25)9-10-18(26)34/h2-4,6-7,13,15-17,19,33H,5,8-12,25H2,1H3,(H2,26,34)(H,30,37)(H,31,35)(H,32,36)(H,38,39)(H4,27,28,29). The first kappa shape index (κ1) is 32.8. The average molecular weight is 551 g/mol. The second-order valence-corrected chi connectivity index (χ2v) is 8.94. The Hall–Kier alpha value is -4.24. The largest absolute Gasteiger partial charge is 0.480 e. The fraction of sp³-hybridized carbons (Fsp3) is 0.500. The normalized spacial score (nSPS) is 14.5. The monoisotopic (exact) mass is 550 g/mol. The van der Waals surface area contributed by atoms with Gasteiger partial charge in [0.1, 0.15) is 12.1 Å². The zero-order valence-corrected chi connectivity index (χ0v) is 21.7. The van der Waals surface area contributed by atoms with Gasteiger partial charge in [0.25, 0.3) is 0 Å². The minimum absolute atomic E-state index is 0.00459. The Morgan fingerprint density at radius 3 is 2.03 bits per heavy atom. The molecule has 0 spiro atoms. The number of aliphatic hydroxyl groups is 1. The highest BCUT2D eigenvalue weighted by Crippen LogP contribution is 2.07. The number of guanidine groups is 1. The summed E-state index contributed by atoms with van der Waals surface area (Å²) in [7, 11) is 0. The number of amides is 4.